The lowest BCUT2D eigenvalue weighted by Gasteiger charge is -2.01. The summed E-state index contributed by atoms with van der Waals surface area (Å²) in [6.07, 6.45) is 0. The minimum Gasteiger partial charge on any atom is -0.324 e. The van der Waals surface area contributed by atoms with Gasteiger partial charge < -0.3 is 9.55 Å². The first-order valence-electron chi connectivity index (χ1n) is 14.0. The molecule has 0 saturated heterocycles. The van der Waals surface area contributed by atoms with E-state index in [4.69, 9.17) is 29.9 Å². The lowest BCUT2D eigenvalue weighted by atomic mass is 10.1. The molecular formula is C34H22N8. The van der Waals surface area contributed by atoms with E-state index in [1.807, 2.05) is 72.8 Å². The number of nitrogens with one attached hydrogen (secondary N) is 1. The first kappa shape index (κ1) is 23.0. The molecule has 4 aromatic carbocycles. The maximum atomic E-state index is 5.20. The van der Waals surface area contributed by atoms with Crippen molar-refractivity contribution in [3.8, 4) is 45.6 Å². The molecule has 9 rings (SSSR count). The fourth-order valence-corrected chi connectivity index (χ4v) is 6.07. The SMILES string of the molecule is CCn1c2nc3nc(nc4[nH]c(nc5nc(nc1c1ccccc12)-c1ccccc1-5)c1ccccc41)-c1ccccc1-3. The Balaban J connectivity index is 1.54. The second-order valence-corrected chi connectivity index (χ2v) is 10.4. The zero-order valence-corrected chi connectivity index (χ0v) is 22.6. The number of aryl methyl sites for hydroxylation is 1. The van der Waals surface area contributed by atoms with E-state index in [9.17, 15) is 0 Å². The maximum Gasteiger partial charge on any atom is 0.164 e. The molecule has 0 radical (unpaired) electrons. The smallest absolute Gasteiger partial charge is 0.164 e. The van der Waals surface area contributed by atoms with Crippen LogP contribution in [0.1, 0.15) is 6.92 Å². The molecule has 8 bridgehead atoms. The summed E-state index contributed by atoms with van der Waals surface area (Å²) in [5.41, 5.74) is 6.77. The van der Waals surface area contributed by atoms with Gasteiger partial charge in [-0.05, 0) is 6.92 Å². The molecule has 8 heteroatoms. The number of H-pyrrole nitrogens is 1. The van der Waals surface area contributed by atoms with Gasteiger partial charge in [0.25, 0.3) is 0 Å². The molecule has 7 aromatic rings. The van der Waals surface area contributed by atoms with E-state index in [-0.39, 0.29) is 0 Å². The van der Waals surface area contributed by atoms with Crippen molar-refractivity contribution in [2.75, 3.05) is 0 Å². The van der Waals surface area contributed by atoms with E-state index >= 15 is 0 Å². The molecule has 8 nitrogen and oxygen atoms in total. The molecule has 0 aliphatic carbocycles. The van der Waals surface area contributed by atoms with Crippen molar-refractivity contribution < 1.29 is 0 Å². The Morgan fingerprint density at radius 2 is 0.810 bits per heavy atom. The minimum atomic E-state index is 0.609. The summed E-state index contributed by atoms with van der Waals surface area (Å²) in [4.78, 5) is 34.0. The normalized spacial score (nSPS) is 12.0. The van der Waals surface area contributed by atoms with Crippen molar-refractivity contribution in [1.29, 1.82) is 0 Å². The Morgan fingerprint density at radius 3 is 1.21 bits per heavy atom. The van der Waals surface area contributed by atoms with E-state index in [1.54, 1.807) is 0 Å². The van der Waals surface area contributed by atoms with Crippen molar-refractivity contribution in [2.24, 2.45) is 0 Å². The molecule has 0 amide bonds. The number of aromatic amines is 1. The Kier molecular flexibility index (Phi) is 4.72. The number of aromatic nitrogens is 8. The average Bonchev–Trinajstić information content (AvgIpc) is 3.75. The van der Waals surface area contributed by atoms with Gasteiger partial charge in [-0.3, -0.25) is 0 Å². The lowest BCUT2D eigenvalue weighted by molar-refractivity contribution is 0.806. The maximum absolute atomic E-state index is 5.20. The summed E-state index contributed by atoms with van der Waals surface area (Å²) in [7, 11) is 0. The van der Waals surface area contributed by atoms with Crippen LogP contribution in [0.4, 0.5) is 0 Å². The third-order valence-electron chi connectivity index (χ3n) is 8.01. The van der Waals surface area contributed by atoms with Gasteiger partial charge in [0.05, 0.1) is 0 Å². The van der Waals surface area contributed by atoms with Crippen molar-refractivity contribution in [1.82, 2.24) is 39.5 Å². The fraction of sp³-hybridized carbons (Fsp3) is 0.0588. The Labute approximate surface area is 239 Å². The summed E-state index contributed by atoms with van der Waals surface area (Å²) in [6.45, 7) is 2.78. The Hall–Kier alpha value is -5.76. The van der Waals surface area contributed by atoms with Gasteiger partial charge in [0.2, 0.25) is 0 Å². The van der Waals surface area contributed by atoms with E-state index in [1.165, 1.54) is 0 Å². The highest BCUT2D eigenvalue weighted by Gasteiger charge is 2.22. The third-order valence-corrected chi connectivity index (χ3v) is 8.01. The van der Waals surface area contributed by atoms with Gasteiger partial charge in [0.1, 0.15) is 22.6 Å². The summed E-state index contributed by atoms with van der Waals surface area (Å²) in [5, 5.41) is 3.94. The summed E-state index contributed by atoms with van der Waals surface area (Å²) in [6, 6.07) is 32.6. The number of rotatable bonds is 1. The lowest BCUT2D eigenvalue weighted by Crippen LogP contribution is -1.97. The molecule has 42 heavy (non-hydrogen) atoms. The number of benzene rings is 4. The van der Waals surface area contributed by atoms with Gasteiger partial charge >= 0.3 is 0 Å². The van der Waals surface area contributed by atoms with Crippen LogP contribution >= 0.6 is 0 Å². The Morgan fingerprint density at radius 1 is 0.452 bits per heavy atom. The van der Waals surface area contributed by atoms with Crippen LogP contribution in [0.3, 0.4) is 0 Å². The van der Waals surface area contributed by atoms with Gasteiger partial charge in [-0.25, -0.2) is 29.9 Å². The van der Waals surface area contributed by atoms with Crippen LogP contribution in [0.5, 0.6) is 0 Å². The van der Waals surface area contributed by atoms with Crippen LogP contribution in [0.25, 0.3) is 89.7 Å². The second-order valence-electron chi connectivity index (χ2n) is 10.4. The van der Waals surface area contributed by atoms with Crippen LogP contribution in [0.2, 0.25) is 0 Å². The van der Waals surface area contributed by atoms with Crippen LogP contribution < -0.4 is 0 Å². The van der Waals surface area contributed by atoms with Crippen LogP contribution in [-0.4, -0.2) is 39.5 Å². The van der Waals surface area contributed by atoms with Crippen LogP contribution in [0.15, 0.2) is 97.1 Å². The molecule has 2 aliphatic heterocycles. The molecule has 0 atom stereocenters. The fourth-order valence-electron chi connectivity index (χ4n) is 6.07. The number of nitrogens with zero attached hydrogens (tertiary/aromatic N) is 7. The largest absolute Gasteiger partial charge is 0.324 e. The van der Waals surface area contributed by atoms with Crippen molar-refractivity contribution in [3.63, 3.8) is 0 Å². The molecule has 0 unspecified atom stereocenters. The predicted molar refractivity (Wildman–Crippen MR) is 165 cm³/mol. The number of hydrogen-bond acceptors (Lipinski definition) is 6. The van der Waals surface area contributed by atoms with E-state index in [2.05, 4.69) is 40.7 Å². The van der Waals surface area contributed by atoms with Crippen LogP contribution in [0, 0.1) is 0 Å². The molecule has 0 spiro atoms. The standard InChI is InChI=1S/C34H22N8/c1-2-42-33-25-17-9-10-18-26(25)34(42)41-32-24-16-8-6-14-22(24)30(39-32)37-28-20-12-4-3-11-19(20)27(35-28)36-29-21-13-5-7-15-23(21)31(38-29)40-33/h3-18H,2H2,1H3,(H,35,36,37,38,39,40,41). The first-order valence-corrected chi connectivity index (χ1v) is 14.0. The highest BCUT2D eigenvalue weighted by molar-refractivity contribution is 6.06. The van der Waals surface area contributed by atoms with Gasteiger partial charge in [0, 0.05) is 50.3 Å². The molecule has 2 aliphatic rings. The number of hydrogen-bond donors (Lipinski definition) is 1. The molecule has 5 heterocycles. The zero-order valence-electron chi connectivity index (χ0n) is 22.6. The molecular weight excluding hydrogens is 520 g/mol. The second kappa shape index (κ2) is 8.62. The van der Waals surface area contributed by atoms with Gasteiger partial charge in [-0.1, -0.05) is 97.1 Å². The summed E-state index contributed by atoms with van der Waals surface area (Å²) in [5.74, 6) is 2.47. The Bertz CT molecular complexity index is 2250. The molecule has 3 aromatic heterocycles. The van der Waals surface area contributed by atoms with Gasteiger partial charge in [0.15, 0.2) is 23.3 Å². The van der Waals surface area contributed by atoms with Crippen molar-refractivity contribution in [3.05, 3.63) is 97.1 Å². The van der Waals surface area contributed by atoms with Crippen LogP contribution in [-0.2, 0) is 6.54 Å². The molecule has 0 saturated carbocycles. The highest BCUT2D eigenvalue weighted by atomic mass is 15.1. The summed E-state index contributed by atoms with van der Waals surface area (Å²) >= 11 is 0. The minimum absolute atomic E-state index is 0.609. The monoisotopic (exact) mass is 542 g/mol. The third kappa shape index (κ3) is 3.23. The summed E-state index contributed by atoms with van der Waals surface area (Å²) < 4.78 is 2.14. The first-order chi connectivity index (χ1) is 20.8. The predicted octanol–water partition coefficient (Wildman–Crippen LogP) is 7.36. The van der Waals surface area contributed by atoms with Gasteiger partial charge in [-0.2, -0.15) is 0 Å². The van der Waals surface area contributed by atoms with E-state index in [0.29, 0.717) is 41.1 Å². The molecule has 1 N–H and O–H groups in total. The average molecular weight is 543 g/mol. The van der Waals surface area contributed by atoms with Gasteiger partial charge in [-0.15, -0.1) is 0 Å². The molecule has 0 fully saturated rings. The topological polar surface area (TPSA) is 98.1 Å². The van der Waals surface area contributed by atoms with E-state index < -0.39 is 0 Å². The van der Waals surface area contributed by atoms with E-state index in [0.717, 1.165) is 55.1 Å². The van der Waals surface area contributed by atoms with Crippen molar-refractivity contribution in [2.45, 2.75) is 13.5 Å². The van der Waals surface area contributed by atoms with Crippen molar-refractivity contribution >= 4 is 44.1 Å². The highest BCUT2D eigenvalue weighted by Crippen LogP contribution is 2.37. The zero-order chi connectivity index (χ0) is 27.8. The number of fused-ring (bicyclic) bond motifs is 20. The quantitative estimate of drug-likeness (QED) is 0.233. The molecule has 198 valence electrons.